The molecule has 8 aliphatic heterocycles. The average Bonchev–Trinajstić information content (AvgIpc) is 3.80. The van der Waals surface area contributed by atoms with Crippen LogP contribution in [0.3, 0.4) is 0 Å². The van der Waals surface area contributed by atoms with E-state index in [1.165, 1.54) is 83.5 Å². The lowest BCUT2D eigenvalue weighted by Gasteiger charge is -2.37. The normalized spacial score (nSPS) is 42.8. The third kappa shape index (κ3) is 7.26. The molecule has 8 bridgehead atoms. The van der Waals surface area contributed by atoms with E-state index in [0.29, 0.717) is 36.3 Å². The number of aliphatic hydroxyl groups is 2. The van der Waals surface area contributed by atoms with Gasteiger partial charge in [0.25, 0.3) is 0 Å². The summed E-state index contributed by atoms with van der Waals surface area (Å²) in [6.45, 7) is 20.2. The third-order valence-corrected chi connectivity index (χ3v) is 13.1. The summed E-state index contributed by atoms with van der Waals surface area (Å²) in [5, 5.41) is 19.7. The molecule has 0 aromatic heterocycles. The second-order valence-corrected chi connectivity index (χ2v) is 17.4. The Hall–Kier alpha value is -0.240. The molecule has 8 atom stereocenters. The number of hydrogen-bond acceptors (Lipinski definition) is 6. The van der Waals surface area contributed by atoms with E-state index < -0.39 is 5.60 Å². The highest BCUT2D eigenvalue weighted by Crippen LogP contribution is 2.45. The predicted molar refractivity (Wildman–Crippen MR) is 184 cm³/mol. The van der Waals surface area contributed by atoms with Gasteiger partial charge in [0, 0.05) is 72.5 Å². The van der Waals surface area contributed by atoms with E-state index in [0.717, 1.165) is 49.1 Å². The van der Waals surface area contributed by atoms with Gasteiger partial charge < -0.3 is 10.2 Å². The van der Waals surface area contributed by atoms with E-state index in [1.54, 1.807) is 0 Å². The maximum Gasteiger partial charge on any atom is 0.0789 e. The molecule has 8 fully saturated rings. The SMILES string of the molecule is CC(C)N1C2CCC1C(C)(O)C2.CC(C)N1C2CCC1C(O)C2.CC(C)N1C2CCC1CC2.CC(C)N1C2CCCC1CC2. The van der Waals surface area contributed by atoms with Crippen molar-refractivity contribution in [2.24, 2.45) is 0 Å². The number of hydrogen-bond donors (Lipinski definition) is 2. The molecule has 0 aromatic carbocycles. The second-order valence-electron chi connectivity index (χ2n) is 17.4. The second kappa shape index (κ2) is 14.5. The molecule has 2 N–H and O–H groups in total. The van der Waals surface area contributed by atoms with Gasteiger partial charge in [-0.05, 0) is 152 Å². The van der Waals surface area contributed by atoms with Crippen LogP contribution in [0.4, 0.5) is 0 Å². The third-order valence-electron chi connectivity index (χ3n) is 13.1. The summed E-state index contributed by atoms with van der Waals surface area (Å²) in [6.07, 6.45) is 20.2. The van der Waals surface area contributed by atoms with Crippen molar-refractivity contribution < 1.29 is 10.2 Å². The van der Waals surface area contributed by atoms with E-state index in [4.69, 9.17) is 0 Å². The molecule has 8 saturated heterocycles. The fraction of sp³-hybridized carbons (Fsp3) is 1.00. The Bertz CT molecular complexity index is 863. The van der Waals surface area contributed by atoms with Gasteiger partial charge in [-0.2, -0.15) is 0 Å². The fourth-order valence-electron chi connectivity index (χ4n) is 11.7. The van der Waals surface area contributed by atoms with Crippen LogP contribution in [0.5, 0.6) is 0 Å². The Labute approximate surface area is 272 Å². The molecule has 0 amide bonds. The van der Waals surface area contributed by atoms with Crippen molar-refractivity contribution in [3.8, 4) is 0 Å². The number of nitrogens with zero attached hydrogens (tertiary/aromatic N) is 4. The van der Waals surface area contributed by atoms with E-state index in [9.17, 15) is 10.2 Å². The van der Waals surface area contributed by atoms with Crippen LogP contribution in [-0.4, -0.2) is 114 Å². The first-order chi connectivity index (χ1) is 20.8. The number of fused-ring (bicyclic) bond motifs is 8. The predicted octanol–water partition coefficient (Wildman–Crippen LogP) is 6.81. The largest absolute Gasteiger partial charge is 0.391 e. The van der Waals surface area contributed by atoms with Crippen molar-refractivity contribution in [2.75, 3.05) is 0 Å². The van der Waals surface area contributed by atoms with Crippen molar-refractivity contribution in [1.82, 2.24) is 19.6 Å². The molecule has 6 heteroatoms. The van der Waals surface area contributed by atoms with Crippen LogP contribution in [-0.2, 0) is 0 Å². The van der Waals surface area contributed by atoms with Crippen molar-refractivity contribution in [1.29, 1.82) is 0 Å². The van der Waals surface area contributed by atoms with Crippen LogP contribution >= 0.6 is 0 Å². The van der Waals surface area contributed by atoms with Gasteiger partial charge in [0.2, 0.25) is 0 Å². The van der Waals surface area contributed by atoms with Crippen molar-refractivity contribution in [3.05, 3.63) is 0 Å². The Morgan fingerprint density at radius 1 is 0.500 bits per heavy atom. The molecule has 0 aromatic rings. The smallest absolute Gasteiger partial charge is 0.0789 e. The highest BCUT2D eigenvalue weighted by Gasteiger charge is 2.53. The Morgan fingerprint density at radius 3 is 1.16 bits per heavy atom. The van der Waals surface area contributed by atoms with Gasteiger partial charge in [-0.25, -0.2) is 0 Å². The van der Waals surface area contributed by atoms with E-state index in [-0.39, 0.29) is 6.10 Å². The highest BCUT2D eigenvalue weighted by molar-refractivity contribution is 5.08. The van der Waals surface area contributed by atoms with Crippen molar-refractivity contribution in [2.45, 2.75) is 243 Å². The first-order valence-electron chi connectivity index (χ1n) is 19.3. The Kier molecular flexibility index (Phi) is 11.5. The summed E-state index contributed by atoms with van der Waals surface area (Å²) in [5.74, 6) is 0. The van der Waals surface area contributed by atoms with Crippen molar-refractivity contribution in [3.63, 3.8) is 0 Å². The molecular formula is C38H72N4O2. The van der Waals surface area contributed by atoms with Gasteiger partial charge in [0.05, 0.1) is 11.7 Å². The van der Waals surface area contributed by atoms with Gasteiger partial charge in [0.1, 0.15) is 0 Å². The molecule has 8 rings (SSSR count). The van der Waals surface area contributed by atoms with Crippen LogP contribution in [0.25, 0.3) is 0 Å². The van der Waals surface area contributed by atoms with Gasteiger partial charge in [-0.1, -0.05) is 6.42 Å². The minimum absolute atomic E-state index is 0.0313. The van der Waals surface area contributed by atoms with Gasteiger partial charge in [0.15, 0.2) is 0 Å². The van der Waals surface area contributed by atoms with Gasteiger partial charge >= 0.3 is 0 Å². The molecular weight excluding hydrogens is 544 g/mol. The van der Waals surface area contributed by atoms with E-state index >= 15 is 0 Å². The average molecular weight is 617 g/mol. The molecule has 0 saturated carbocycles. The van der Waals surface area contributed by atoms with Gasteiger partial charge in [-0.15, -0.1) is 0 Å². The zero-order valence-corrected chi connectivity index (χ0v) is 30.3. The molecule has 0 radical (unpaired) electrons. The lowest BCUT2D eigenvalue weighted by molar-refractivity contribution is 0.0147. The number of piperidine rings is 1. The van der Waals surface area contributed by atoms with E-state index in [2.05, 4.69) is 75.0 Å². The fourth-order valence-corrected chi connectivity index (χ4v) is 11.7. The summed E-state index contributed by atoms with van der Waals surface area (Å²) in [4.78, 5) is 10.5. The topological polar surface area (TPSA) is 53.4 Å². The molecule has 256 valence electrons. The molecule has 6 nitrogen and oxygen atoms in total. The summed E-state index contributed by atoms with van der Waals surface area (Å²) in [5.41, 5.74) is -0.410. The summed E-state index contributed by atoms with van der Waals surface area (Å²) < 4.78 is 0. The maximum atomic E-state index is 10.1. The van der Waals surface area contributed by atoms with Crippen LogP contribution in [0.2, 0.25) is 0 Å². The number of aliphatic hydroxyl groups excluding tert-OH is 1. The summed E-state index contributed by atoms with van der Waals surface area (Å²) in [7, 11) is 0. The maximum absolute atomic E-state index is 10.1. The molecule has 44 heavy (non-hydrogen) atoms. The minimum Gasteiger partial charge on any atom is -0.391 e. The van der Waals surface area contributed by atoms with Crippen LogP contribution in [0, 0.1) is 0 Å². The monoisotopic (exact) mass is 617 g/mol. The molecule has 0 spiro atoms. The lowest BCUT2D eigenvalue weighted by Crippen LogP contribution is -2.43. The zero-order chi connectivity index (χ0) is 31.9. The first-order valence-corrected chi connectivity index (χ1v) is 19.3. The Balaban J connectivity index is 0.000000117. The van der Waals surface area contributed by atoms with Crippen LogP contribution in [0.15, 0.2) is 0 Å². The Morgan fingerprint density at radius 2 is 0.909 bits per heavy atom. The van der Waals surface area contributed by atoms with Crippen LogP contribution < -0.4 is 0 Å². The van der Waals surface area contributed by atoms with Crippen LogP contribution in [0.1, 0.15) is 159 Å². The zero-order valence-electron chi connectivity index (χ0n) is 30.3. The lowest BCUT2D eigenvalue weighted by atomic mass is 9.86. The first kappa shape index (κ1) is 35.1. The molecule has 8 aliphatic rings. The van der Waals surface area contributed by atoms with Crippen molar-refractivity contribution >= 4 is 0 Å². The molecule has 8 unspecified atom stereocenters. The molecule has 0 aliphatic carbocycles. The summed E-state index contributed by atoms with van der Waals surface area (Å²) >= 11 is 0. The minimum atomic E-state index is -0.410. The van der Waals surface area contributed by atoms with Gasteiger partial charge in [-0.3, -0.25) is 19.6 Å². The van der Waals surface area contributed by atoms with E-state index in [1.807, 2.05) is 6.92 Å². The standard InChI is InChI=1S/C10H19NO.C10H19N.C9H17NO.C9H17N/c1-7(2)11-8-4-5-9(11)10(3,12)6-8;1-8(2)11-9-4-3-5-10(11)7-6-9;1-6(2)10-7-3-4-8(10)9(11)5-7;1-7(2)10-8-3-4-9(10)6-5-8/h7-9,12H,4-6H2,1-3H3;8-10H,3-7H2,1-2H3;6-9,11H,3-5H2,1-2H3;7-9H,3-6H2,1-2H3. The number of rotatable bonds is 4. The quantitative estimate of drug-likeness (QED) is 0.362. The highest BCUT2D eigenvalue weighted by atomic mass is 16.3. The molecule has 8 heterocycles. The summed E-state index contributed by atoms with van der Waals surface area (Å²) in [6, 6.07) is 8.88.